The van der Waals surface area contributed by atoms with E-state index in [4.69, 9.17) is 0 Å². The number of anilines is 1. The Bertz CT molecular complexity index is 531. The molecule has 0 aliphatic heterocycles. The van der Waals surface area contributed by atoms with Gasteiger partial charge in [-0.3, -0.25) is 4.68 Å². The summed E-state index contributed by atoms with van der Waals surface area (Å²) < 4.78 is 15.3. The number of rotatable bonds is 3. The predicted octanol–water partition coefficient (Wildman–Crippen LogP) is 2.79. The van der Waals surface area contributed by atoms with E-state index in [0.717, 1.165) is 16.8 Å². The summed E-state index contributed by atoms with van der Waals surface area (Å²) in [7, 11) is 1.88. The van der Waals surface area contributed by atoms with E-state index in [1.165, 1.54) is 6.07 Å². The smallest absolute Gasteiger partial charge is 0.146 e. The molecule has 0 unspecified atom stereocenters. The molecule has 4 heteroatoms. The fourth-order valence-corrected chi connectivity index (χ4v) is 1.79. The van der Waals surface area contributed by atoms with E-state index in [1.807, 2.05) is 27.1 Å². The molecule has 0 saturated carbocycles. The average Bonchev–Trinajstić information content (AvgIpc) is 2.59. The van der Waals surface area contributed by atoms with E-state index >= 15 is 0 Å². The van der Waals surface area contributed by atoms with Gasteiger partial charge in [0.05, 0.1) is 11.4 Å². The molecule has 0 aliphatic rings. The van der Waals surface area contributed by atoms with E-state index in [9.17, 15) is 4.39 Å². The van der Waals surface area contributed by atoms with Gasteiger partial charge in [0.1, 0.15) is 5.82 Å². The van der Waals surface area contributed by atoms with Crippen molar-refractivity contribution < 1.29 is 4.39 Å². The zero-order chi connectivity index (χ0) is 12.4. The SMILES string of the molecule is Cc1ccc(F)c(NCc2cn(C)nc2C)c1. The Balaban J connectivity index is 2.12. The van der Waals surface area contributed by atoms with Crippen LogP contribution >= 0.6 is 0 Å². The van der Waals surface area contributed by atoms with Crippen molar-refractivity contribution in [3.05, 3.63) is 47.0 Å². The third-order valence-electron chi connectivity index (χ3n) is 2.71. The highest BCUT2D eigenvalue weighted by Gasteiger charge is 2.05. The van der Waals surface area contributed by atoms with Crippen LogP contribution in [0.1, 0.15) is 16.8 Å². The van der Waals surface area contributed by atoms with Gasteiger partial charge in [0.25, 0.3) is 0 Å². The van der Waals surface area contributed by atoms with Crippen LogP contribution in [0.2, 0.25) is 0 Å². The van der Waals surface area contributed by atoms with E-state index in [2.05, 4.69) is 10.4 Å². The fourth-order valence-electron chi connectivity index (χ4n) is 1.79. The van der Waals surface area contributed by atoms with Gasteiger partial charge in [-0.15, -0.1) is 0 Å². The number of hydrogen-bond donors (Lipinski definition) is 1. The van der Waals surface area contributed by atoms with Crippen LogP contribution in [0.5, 0.6) is 0 Å². The topological polar surface area (TPSA) is 29.9 Å². The van der Waals surface area contributed by atoms with Crippen LogP contribution in [-0.2, 0) is 13.6 Å². The van der Waals surface area contributed by atoms with Crippen LogP contribution in [0.3, 0.4) is 0 Å². The summed E-state index contributed by atoms with van der Waals surface area (Å²) in [5.74, 6) is -0.225. The fraction of sp³-hybridized carbons (Fsp3) is 0.308. The molecule has 0 amide bonds. The van der Waals surface area contributed by atoms with Crippen molar-refractivity contribution >= 4 is 5.69 Å². The minimum atomic E-state index is -0.225. The molecule has 0 spiro atoms. The number of aromatic nitrogens is 2. The van der Waals surface area contributed by atoms with E-state index in [0.29, 0.717) is 12.2 Å². The molecule has 0 aliphatic carbocycles. The highest BCUT2D eigenvalue weighted by Crippen LogP contribution is 2.17. The number of aryl methyl sites for hydroxylation is 3. The maximum Gasteiger partial charge on any atom is 0.146 e. The third-order valence-corrected chi connectivity index (χ3v) is 2.71. The standard InChI is InChI=1S/C13H16FN3/c1-9-4-5-12(14)13(6-9)15-7-11-8-17(3)16-10(11)2/h4-6,8,15H,7H2,1-3H3. The maximum atomic E-state index is 13.5. The van der Waals surface area contributed by atoms with E-state index in [-0.39, 0.29) is 5.82 Å². The molecule has 0 fully saturated rings. The summed E-state index contributed by atoms with van der Waals surface area (Å²) in [4.78, 5) is 0. The molecule has 17 heavy (non-hydrogen) atoms. The maximum absolute atomic E-state index is 13.5. The minimum Gasteiger partial charge on any atom is -0.378 e. The molecule has 0 atom stereocenters. The number of halogens is 1. The first-order valence-electron chi connectivity index (χ1n) is 5.55. The summed E-state index contributed by atoms with van der Waals surface area (Å²) >= 11 is 0. The summed E-state index contributed by atoms with van der Waals surface area (Å²) in [6, 6.07) is 5.05. The molecule has 2 aromatic rings. The number of nitrogens with zero attached hydrogens (tertiary/aromatic N) is 2. The van der Waals surface area contributed by atoms with Crippen molar-refractivity contribution in [2.75, 3.05) is 5.32 Å². The monoisotopic (exact) mass is 233 g/mol. The first-order chi connectivity index (χ1) is 8.06. The lowest BCUT2D eigenvalue weighted by molar-refractivity contribution is 0.629. The molecule has 0 saturated heterocycles. The van der Waals surface area contributed by atoms with Crippen molar-refractivity contribution in [1.29, 1.82) is 0 Å². The van der Waals surface area contributed by atoms with Gasteiger partial charge in [0.15, 0.2) is 0 Å². The molecule has 90 valence electrons. The number of nitrogens with one attached hydrogen (secondary N) is 1. The molecule has 1 heterocycles. The lowest BCUT2D eigenvalue weighted by Gasteiger charge is -2.07. The van der Waals surface area contributed by atoms with Crippen LogP contribution in [0, 0.1) is 19.7 Å². The van der Waals surface area contributed by atoms with Crippen molar-refractivity contribution in [3.8, 4) is 0 Å². The molecule has 1 aromatic carbocycles. The largest absolute Gasteiger partial charge is 0.378 e. The second kappa shape index (κ2) is 4.57. The molecule has 0 radical (unpaired) electrons. The van der Waals surface area contributed by atoms with Gasteiger partial charge in [-0.2, -0.15) is 5.10 Å². The van der Waals surface area contributed by atoms with Gasteiger partial charge in [-0.25, -0.2) is 4.39 Å². The van der Waals surface area contributed by atoms with Gasteiger partial charge in [0, 0.05) is 25.4 Å². The average molecular weight is 233 g/mol. The highest BCUT2D eigenvalue weighted by atomic mass is 19.1. The molecule has 0 bridgehead atoms. The Kier molecular flexibility index (Phi) is 3.13. The van der Waals surface area contributed by atoms with Crippen LogP contribution < -0.4 is 5.32 Å². The Labute approximate surface area is 100 Å². The Morgan fingerprint density at radius 2 is 2.12 bits per heavy atom. The predicted molar refractivity (Wildman–Crippen MR) is 66.4 cm³/mol. The first-order valence-corrected chi connectivity index (χ1v) is 5.55. The quantitative estimate of drug-likeness (QED) is 0.883. The molecule has 1 N–H and O–H groups in total. The summed E-state index contributed by atoms with van der Waals surface area (Å²) in [5.41, 5.74) is 3.62. The highest BCUT2D eigenvalue weighted by molar-refractivity contribution is 5.47. The zero-order valence-electron chi connectivity index (χ0n) is 10.3. The van der Waals surface area contributed by atoms with Crippen LogP contribution in [0.15, 0.2) is 24.4 Å². The summed E-state index contributed by atoms with van der Waals surface area (Å²) in [6.45, 7) is 4.48. The lowest BCUT2D eigenvalue weighted by Crippen LogP contribution is -2.02. The van der Waals surface area contributed by atoms with Gasteiger partial charge < -0.3 is 5.32 Å². The van der Waals surface area contributed by atoms with Crippen LogP contribution in [0.4, 0.5) is 10.1 Å². The van der Waals surface area contributed by atoms with Gasteiger partial charge in [-0.05, 0) is 31.5 Å². The van der Waals surface area contributed by atoms with E-state index in [1.54, 1.807) is 16.8 Å². The normalized spacial score (nSPS) is 10.6. The minimum absolute atomic E-state index is 0.225. The van der Waals surface area contributed by atoms with Crippen molar-refractivity contribution in [2.45, 2.75) is 20.4 Å². The summed E-state index contributed by atoms with van der Waals surface area (Å²) in [5, 5.41) is 7.34. The third kappa shape index (κ3) is 2.64. The molecule has 1 aromatic heterocycles. The Hall–Kier alpha value is -1.84. The lowest BCUT2D eigenvalue weighted by atomic mass is 10.2. The van der Waals surface area contributed by atoms with Gasteiger partial charge in [-0.1, -0.05) is 6.07 Å². The zero-order valence-corrected chi connectivity index (χ0v) is 10.3. The van der Waals surface area contributed by atoms with Crippen LogP contribution in [-0.4, -0.2) is 9.78 Å². The van der Waals surface area contributed by atoms with Crippen molar-refractivity contribution in [1.82, 2.24) is 9.78 Å². The van der Waals surface area contributed by atoms with Gasteiger partial charge in [0.2, 0.25) is 0 Å². The first kappa shape index (κ1) is 11.6. The molecule has 2 rings (SSSR count). The van der Waals surface area contributed by atoms with Gasteiger partial charge >= 0.3 is 0 Å². The molecular weight excluding hydrogens is 217 g/mol. The second-order valence-electron chi connectivity index (χ2n) is 4.25. The molecule has 3 nitrogen and oxygen atoms in total. The number of hydrogen-bond acceptors (Lipinski definition) is 2. The van der Waals surface area contributed by atoms with Crippen molar-refractivity contribution in [3.63, 3.8) is 0 Å². The Morgan fingerprint density at radius 1 is 1.35 bits per heavy atom. The van der Waals surface area contributed by atoms with Crippen LogP contribution in [0.25, 0.3) is 0 Å². The van der Waals surface area contributed by atoms with Crippen molar-refractivity contribution in [2.24, 2.45) is 7.05 Å². The summed E-state index contributed by atoms with van der Waals surface area (Å²) in [6.07, 6.45) is 1.94. The Morgan fingerprint density at radius 3 is 2.76 bits per heavy atom. The molecular formula is C13H16FN3. The van der Waals surface area contributed by atoms with E-state index < -0.39 is 0 Å². The number of benzene rings is 1. The second-order valence-corrected chi connectivity index (χ2v) is 4.25.